The van der Waals surface area contributed by atoms with Crippen LogP contribution < -0.4 is 10.7 Å². The highest BCUT2D eigenvalue weighted by molar-refractivity contribution is 6.01. The molecule has 0 saturated heterocycles. The molecule has 3 aromatic rings. The number of rotatable bonds is 2. The number of allylic oxidation sites excluding steroid dienone is 2. The highest BCUT2D eigenvalue weighted by Crippen LogP contribution is 2.26. The van der Waals surface area contributed by atoms with Crippen LogP contribution in [-0.2, 0) is 0 Å². The average Bonchev–Trinajstić information content (AvgIpc) is 3.13. The molecule has 3 heterocycles. The Labute approximate surface area is 166 Å². The number of hydrogen-bond donors (Lipinski definition) is 2. The Hall–Kier alpha value is -3.67. The number of aromatic amines is 1. The van der Waals surface area contributed by atoms with Gasteiger partial charge in [0.1, 0.15) is 12.0 Å². The molecule has 29 heavy (non-hydrogen) atoms. The Morgan fingerprint density at radius 3 is 2.79 bits per heavy atom. The van der Waals surface area contributed by atoms with Gasteiger partial charge in [-0.15, -0.1) is 0 Å². The van der Waals surface area contributed by atoms with Gasteiger partial charge in [-0.3, -0.25) is 4.79 Å². The average molecular weight is 386 g/mol. The number of fused-ring (bicyclic) bond motifs is 2. The molecule has 5 nitrogen and oxygen atoms in total. The lowest BCUT2D eigenvalue weighted by atomic mass is 10.0. The summed E-state index contributed by atoms with van der Waals surface area (Å²) >= 11 is 0. The van der Waals surface area contributed by atoms with Crippen molar-refractivity contribution in [2.45, 2.75) is 20.0 Å². The van der Waals surface area contributed by atoms with Crippen LogP contribution in [0.15, 0.2) is 70.7 Å². The minimum Gasteiger partial charge on any atom is -0.352 e. The van der Waals surface area contributed by atoms with Crippen LogP contribution in [0.4, 0.5) is 4.39 Å². The molecule has 0 spiro atoms. The fourth-order valence-corrected chi connectivity index (χ4v) is 3.81. The van der Waals surface area contributed by atoms with Crippen molar-refractivity contribution in [2.75, 3.05) is 0 Å². The van der Waals surface area contributed by atoms with E-state index in [1.807, 2.05) is 55.6 Å². The Bertz CT molecular complexity index is 1280. The summed E-state index contributed by atoms with van der Waals surface area (Å²) in [5.41, 5.74) is 4.59. The number of benzene rings is 2. The molecular formula is C23H19FN4O. The van der Waals surface area contributed by atoms with Gasteiger partial charge in [0, 0.05) is 22.7 Å². The van der Waals surface area contributed by atoms with E-state index in [4.69, 9.17) is 0 Å². The lowest BCUT2D eigenvalue weighted by Crippen LogP contribution is -2.36. The number of aromatic nitrogens is 1. The number of nitrogens with one attached hydrogen (secondary N) is 2. The second-order valence-corrected chi connectivity index (χ2v) is 7.38. The predicted octanol–water partition coefficient (Wildman–Crippen LogP) is 3.79. The molecule has 2 aliphatic rings. The third-order valence-corrected chi connectivity index (χ3v) is 5.27. The van der Waals surface area contributed by atoms with E-state index < -0.39 is 0 Å². The molecule has 2 aromatic carbocycles. The second kappa shape index (κ2) is 6.44. The van der Waals surface area contributed by atoms with E-state index in [9.17, 15) is 9.18 Å². The first-order chi connectivity index (χ1) is 14.0. The second-order valence-electron chi connectivity index (χ2n) is 7.38. The van der Waals surface area contributed by atoms with E-state index in [1.165, 1.54) is 12.1 Å². The van der Waals surface area contributed by atoms with Gasteiger partial charge in [-0.1, -0.05) is 24.3 Å². The van der Waals surface area contributed by atoms with E-state index in [1.54, 1.807) is 11.9 Å². The molecule has 5 rings (SSSR count). The lowest BCUT2D eigenvalue weighted by Gasteiger charge is -2.22. The molecule has 1 atom stereocenters. The standard InChI is InChI=1S/C23H19FN4O/c1-13-9-16(11-17(24)10-13)15-7-8-20-26-23(27-28(20)12-15)21-14(2)22(29)18-5-3-4-6-19(18)25-21/h3-12,20H,1-2H3,(H,25,29)(H,26,27). The van der Waals surface area contributed by atoms with Gasteiger partial charge in [0.05, 0.1) is 5.69 Å². The molecule has 0 aliphatic carbocycles. The summed E-state index contributed by atoms with van der Waals surface area (Å²) in [7, 11) is 0. The zero-order valence-electron chi connectivity index (χ0n) is 16.0. The lowest BCUT2D eigenvalue weighted by molar-refractivity contribution is 0.351. The largest absolute Gasteiger partial charge is 0.352 e. The van der Waals surface area contributed by atoms with Crippen molar-refractivity contribution < 1.29 is 4.39 Å². The summed E-state index contributed by atoms with van der Waals surface area (Å²) in [6, 6.07) is 12.4. The summed E-state index contributed by atoms with van der Waals surface area (Å²) < 4.78 is 13.8. The fourth-order valence-electron chi connectivity index (χ4n) is 3.81. The molecule has 1 aromatic heterocycles. The number of H-pyrrole nitrogens is 1. The van der Waals surface area contributed by atoms with Gasteiger partial charge in [-0.2, -0.15) is 5.10 Å². The van der Waals surface area contributed by atoms with Crippen LogP contribution in [0.1, 0.15) is 22.4 Å². The normalized spacial score (nSPS) is 17.8. The van der Waals surface area contributed by atoms with Crippen molar-refractivity contribution in [3.63, 3.8) is 0 Å². The molecule has 2 N–H and O–H groups in total. The first-order valence-electron chi connectivity index (χ1n) is 9.43. The van der Waals surface area contributed by atoms with Crippen molar-refractivity contribution in [2.24, 2.45) is 5.10 Å². The molecule has 2 aliphatic heterocycles. The number of hydrazone groups is 1. The van der Waals surface area contributed by atoms with Crippen LogP contribution in [0.5, 0.6) is 0 Å². The quantitative estimate of drug-likeness (QED) is 0.705. The van der Waals surface area contributed by atoms with Crippen molar-refractivity contribution in [3.8, 4) is 0 Å². The topological polar surface area (TPSA) is 60.5 Å². The maximum absolute atomic E-state index is 13.8. The summed E-state index contributed by atoms with van der Waals surface area (Å²) in [6.07, 6.45) is 5.66. The Balaban J connectivity index is 1.55. The number of hydrogen-bond acceptors (Lipinski definition) is 4. The molecule has 0 saturated carbocycles. The van der Waals surface area contributed by atoms with E-state index >= 15 is 0 Å². The van der Waals surface area contributed by atoms with Crippen LogP contribution in [0.2, 0.25) is 0 Å². The highest BCUT2D eigenvalue weighted by atomic mass is 19.1. The number of halogens is 1. The SMILES string of the molecule is Cc1cc(F)cc(C2=CN3N=C(c4[nH]c5ccccc5c(=O)c4C)NC3C=C2)c1. The van der Waals surface area contributed by atoms with Gasteiger partial charge < -0.3 is 10.3 Å². The molecule has 0 bridgehead atoms. The Morgan fingerprint density at radius 2 is 1.97 bits per heavy atom. The van der Waals surface area contributed by atoms with Crippen LogP contribution in [-0.4, -0.2) is 22.0 Å². The van der Waals surface area contributed by atoms with Crippen LogP contribution >= 0.6 is 0 Å². The van der Waals surface area contributed by atoms with E-state index in [2.05, 4.69) is 15.4 Å². The summed E-state index contributed by atoms with van der Waals surface area (Å²) in [5, 5.41) is 10.4. The molecule has 6 heteroatoms. The smallest absolute Gasteiger partial charge is 0.193 e. The van der Waals surface area contributed by atoms with Crippen LogP contribution in [0, 0.1) is 19.7 Å². The van der Waals surface area contributed by atoms with Crippen LogP contribution in [0.25, 0.3) is 16.5 Å². The molecular weight excluding hydrogens is 367 g/mol. The third-order valence-electron chi connectivity index (χ3n) is 5.27. The van der Waals surface area contributed by atoms with Crippen molar-refractivity contribution in [1.82, 2.24) is 15.3 Å². The van der Waals surface area contributed by atoms with Gasteiger partial charge >= 0.3 is 0 Å². The van der Waals surface area contributed by atoms with Crippen molar-refractivity contribution >= 4 is 22.3 Å². The maximum Gasteiger partial charge on any atom is 0.193 e. The van der Waals surface area contributed by atoms with Crippen LogP contribution in [0.3, 0.4) is 0 Å². The molecule has 0 fully saturated rings. The van der Waals surface area contributed by atoms with Gasteiger partial charge in [0.2, 0.25) is 0 Å². The van der Waals surface area contributed by atoms with Gasteiger partial charge in [0.15, 0.2) is 11.3 Å². The summed E-state index contributed by atoms with van der Waals surface area (Å²) in [4.78, 5) is 16.1. The third kappa shape index (κ3) is 2.93. The Kier molecular flexibility index (Phi) is 3.87. The van der Waals surface area contributed by atoms with Gasteiger partial charge in [-0.25, -0.2) is 9.40 Å². The molecule has 144 valence electrons. The predicted molar refractivity (Wildman–Crippen MR) is 113 cm³/mol. The van der Waals surface area contributed by atoms with Crippen molar-refractivity contribution in [1.29, 1.82) is 0 Å². The number of para-hydroxylation sites is 1. The first-order valence-corrected chi connectivity index (χ1v) is 9.43. The minimum atomic E-state index is -0.260. The Morgan fingerprint density at radius 1 is 1.14 bits per heavy atom. The van der Waals surface area contributed by atoms with E-state index in [0.29, 0.717) is 22.5 Å². The monoisotopic (exact) mass is 386 g/mol. The highest BCUT2D eigenvalue weighted by Gasteiger charge is 2.28. The summed E-state index contributed by atoms with van der Waals surface area (Å²) in [5.74, 6) is 0.345. The number of aryl methyl sites for hydroxylation is 1. The zero-order valence-corrected chi connectivity index (χ0v) is 16.0. The maximum atomic E-state index is 13.8. The fraction of sp³-hybridized carbons (Fsp3) is 0.130. The number of amidine groups is 1. The molecule has 0 radical (unpaired) electrons. The minimum absolute atomic E-state index is 0.00858. The van der Waals surface area contributed by atoms with Gasteiger partial charge in [0.25, 0.3) is 0 Å². The zero-order chi connectivity index (χ0) is 20.1. The van der Waals surface area contributed by atoms with E-state index in [0.717, 1.165) is 22.2 Å². The van der Waals surface area contributed by atoms with Crippen molar-refractivity contribution in [3.05, 3.63) is 99.2 Å². The molecule has 0 amide bonds. The summed E-state index contributed by atoms with van der Waals surface area (Å²) in [6.45, 7) is 3.67. The van der Waals surface area contributed by atoms with E-state index in [-0.39, 0.29) is 17.4 Å². The first kappa shape index (κ1) is 17.4. The van der Waals surface area contributed by atoms with Gasteiger partial charge in [-0.05, 0) is 60.9 Å². The molecule has 1 unspecified atom stereocenters. The number of pyridine rings is 1. The number of nitrogens with zero attached hydrogens (tertiary/aromatic N) is 2.